The molecule has 1 heterocycles. The number of ether oxygens (including phenoxy) is 2. The van der Waals surface area contributed by atoms with Gasteiger partial charge in [-0.05, 0) is 54.1 Å². The minimum absolute atomic E-state index is 0.0586. The number of nitrogens with one attached hydrogen (secondary N) is 1. The standard InChI is InChI=1S/C21H22N2O3/c1-25-18-10-8-17(9-11-18)22-21(24)15-20(23-12-3-4-13-23)16-6-5-7-19(14-16)26-2/h3-14,20H,15H2,1-2H3,(H,22,24)/t20-/m1/s1. The molecule has 26 heavy (non-hydrogen) atoms. The van der Waals surface area contributed by atoms with E-state index in [4.69, 9.17) is 9.47 Å². The van der Waals surface area contributed by atoms with Crippen molar-refractivity contribution >= 4 is 11.6 Å². The third-order valence-corrected chi connectivity index (χ3v) is 4.22. The van der Waals surface area contributed by atoms with Crippen LogP contribution in [0.5, 0.6) is 11.5 Å². The van der Waals surface area contributed by atoms with Crippen molar-refractivity contribution in [2.45, 2.75) is 12.5 Å². The molecule has 3 rings (SSSR count). The van der Waals surface area contributed by atoms with Gasteiger partial charge < -0.3 is 19.4 Å². The fourth-order valence-electron chi connectivity index (χ4n) is 2.86. The molecular formula is C21H22N2O3. The number of carbonyl (C=O) groups is 1. The molecule has 2 aromatic carbocycles. The minimum Gasteiger partial charge on any atom is -0.497 e. The van der Waals surface area contributed by atoms with Crippen molar-refractivity contribution in [2.75, 3.05) is 19.5 Å². The van der Waals surface area contributed by atoms with Crippen LogP contribution in [0.25, 0.3) is 0 Å². The van der Waals surface area contributed by atoms with E-state index >= 15 is 0 Å². The van der Waals surface area contributed by atoms with E-state index in [2.05, 4.69) is 5.32 Å². The zero-order valence-corrected chi connectivity index (χ0v) is 14.9. The first-order valence-corrected chi connectivity index (χ1v) is 8.40. The largest absolute Gasteiger partial charge is 0.497 e. The summed E-state index contributed by atoms with van der Waals surface area (Å²) in [6, 6.07) is 18.9. The molecule has 5 heteroatoms. The summed E-state index contributed by atoms with van der Waals surface area (Å²) >= 11 is 0. The fourth-order valence-corrected chi connectivity index (χ4v) is 2.86. The van der Waals surface area contributed by atoms with Crippen LogP contribution >= 0.6 is 0 Å². The molecule has 1 atom stereocenters. The monoisotopic (exact) mass is 350 g/mol. The summed E-state index contributed by atoms with van der Waals surface area (Å²) in [4.78, 5) is 12.6. The van der Waals surface area contributed by atoms with E-state index in [0.29, 0.717) is 6.42 Å². The number of rotatable bonds is 7. The van der Waals surface area contributed by atoms with E-state index in [0.717, 1.165) is 22.7 Å². The van der Waals surface area contributed by atoms with Crippen LogP contribution in [0.2, 0.25) is 0 Å². The van der Waals surface area contributed by atoms with Gasteiger partial charge in [0.05, 0.1) is 26.7 Å². The van der Waals surface area contributed by atoms with E-state index in [1.165, 1.54) is 0 Å². The Morgan fingerprint density at radius 3 is 2.31 bits per heavy atom. The minimum atomic E-state index is -0.113. The summed E-state index contributed by atoms with van der Waals surface area (Å²) in [6.45, 7) is 0. The van der Waals surface area contributed by atoms with Crippen molar-refractivity contribution in [3.05, 3.63) is 78.6 Å². The summed E-state index contributed by atoms with van der Waals surface area (Å²) in [5.41, 5.74) is 1.76. The summed E-state index contributed by atoms with van der Waals surface area (Å²) in [5.74, 6) is 1.47. The molecule has 0 radical (unpaired) electrons. The lowest BCUT2D eigenvalue weighted by molar-refractivity contribution is -0.116. The third kappa shape index (κ3) is 4.25. The zero-order valence-electron chi connectivity index (χ0n) is 14.9. The van der Waals surface area contributed by atoms with Crippen LogP contribution in [0.15, 0.2) is 73.1 Å². The van der Waals surface area contributed by atoms with E-state index in [1.54, 1.807) is 14.2 Å². The molecule has 0 unspecified atom stereocenters. The SMILES string of the molecule is COc1ccc(NC(=O)C[C@H](c2cccc(OC)c2)n2cccc2)cc1. The number of hydrogen-bond donors (Lipinski definition) is 1. The Balaban J connectivity index is 1.77. The van der Waals surface area contributed by atoms with E-state index in [1.807, 2.05) is 77.6 Å². The molecular weight excluding hydrogens is 328 g/mol. The number of hydrogen-bond acceptors (Lipinski definition) is 3. The van der Waals surface area contributed by atoms with Crippen LogP contribution in [0.4, 0.5) is 5.69 Å². The van der Waals surface area contributed by atoms with Crippen molar-refractivity contribution in [3.8, 4) is 11.5 Å². The number of anilines is 1. The van der Waals surface area contributed by atoms with Gasteiger partial charge >= 0.3 is 0 Å². The van der Waals surface area contributed by atoms with Gasteiger partial charge in [0.25, 0.3) is 0 Å². The van der Waals surface area contributed by atoms with E-state index < -0.39 is 0 Å². The molecule has 3 aromatic rings. The van der Waals surface area contributed by atoms with Gasteiger partial charge in [-0.15, -0.1) is 0 Å². The average molecular weight is 350 g/mol. The van der Waals surface area contributed by atoms with Crippen molar-refractivity contribution < 1.29 is 14.3 Å². The maximum atomic E-state index is 12.6. The van der Waals surface area contributed by atoms with Crippen LogP contribution in [-0.2, 0) is 4.79 Å². The summed E-state index contributed by atoms with van der Waals surface area (Å²) in [5, 5.41) is 2.94. The first kappa shape index (κ1) is 17.6. The highest BCUT2D eigenvalue weighted by atomic mass is 16.5. The third-order valence-electron chi connectivity index (χ3n) is 4.22. The van der Waals surface area contributed by atoms with Crippen molar-refractivity contribution in [1.29, 1.82) is 0 Å². The van der Waals surface area contributed by atoms with Gasteiger partial charge in [-0.3, -0.25) is 4.79 Å². The van der Waals surface area contributed by atoms with Crippen LogP contribution in [0.1, 0.15) is 18.0 Å². The summed E-state index contributed by atoms with van der Waals surface area (Å²) in [7, 11) is 3.25. The maximum absolute atomic E-state index is 12.6. The lowest BCUT2D eigenvalue weighted by Crippen LogP contribution is -2.19. The average Bonchev–Trinajstić information content (AvgIpc) is 3.21. The van der Waals surface area contributed by atoms with Crippen molar-refractivity contribution in [2.24, 2.45) is 0 Å². The van der Waals surface area contributed by atoms with Crippen molar-refractivity contribution in [1.82, 2.24) is 4.57 Å². The number of methoxy groups -OCH3 is 2. The number of nitrogens with zero attached hydrogens (tertiary/aromatic N) is 1. The molecule has 0 aliphatic rings. The van der Waals surface area contributed by atoms with Crippen LogP contribution in [0, 0.1) is 0 Å². The number of amides is 1. The highest BCUT2D eigenvalue weighted by Gasteiger charge is 2.18. The Bertz CT molecular complexity index is 842. The Morgan fingerprint density at radius 1 is 0.962 bits per heavy atom. The summed E-state index contributed by atoms with van der Waals surface area (Å²) in [6.07, 6.45) is 4.24. The lowest BCUT2D eigenvalue weighted by atomic mass is 10.0. The predicted octanol–water partition coefficient (Wildman–Crippen LogP) is 4.12. The van der Waals surface area contributed by atoms with Gasteiger partial charge in [0.15, 0.2) is 0 Å². The van der Waals surface area contributed by atoms with Gasteiger partial charge in [0.2, 0.25) is 5.91 Å². The Labute approximate surface area is 153 Å². The first-order valence-electron chi connectivity index (χ1n) is 8.40. The number of benzene rings is 2. The van der Waals surface area contributed by atoms with Crippen LogP contribution < -0.4 is 14.8 Å². The molecule has 0 bridgehead atoms. The lowest BCUT2D eigenvalue weighted by Gasteiger charge is -2.20. The quantitative estimate of drug-likeness (QED) is 0.697. The molecule has 1 N–H and O–H groups in total. The van der Waals surface area contributed by atoms with Gasteiger partial charge in [-0.25, -0.2) is 0 Å². The highest BCUT2D eigenvalue weighted by Crippen LogP contribution is 2.26. The Morgan fingerprint density at radius 2 is 1.65 bits per heavy atom. The fraction of sp³-hybridized carbons (Fsp3) is 0.190. The highest BCUT2D eigenvalue weighted by molar-refractivity contribution is 5.91. The maximum Gasteiger partial charge on any atom is 0.226 e. The van der Waals surface area contributed by atoms with Crippen LogP contribution in [0.3, 0.4) is 0 Å². The second kappa shape index (κ2) is 8.25. The molecule has 0 saturated heterocycles. The molecule has 134 valence electrons. The second-order valence-electron chi connectivity index (χ2n) is 5.90. The van der Waals surface area contributed by atoms with Gasteiger partial charge in [-0.1, -0.05) is 12.1 Å². The van der Waals surface area contributed by atoms with Crippen molar-refractivity contribution in [3.63, 3.8) is 0 Å². The molecule has 5 nitrogen and oxygen atoms in total. The Kier molecular flexibility index (Phi) is 5.59. The summed E-state index contributed by atoms with van der Waals surface area (Å²) < 4.78 is 12.5. The molecule has 0 aliphatic carbocycles. The van der Waals surface area contributed by atoms with E-state index in [-0.39, 0.29) is 11.9 Å². The Hall–Kier alpha value is -3.21. The molecule has 0 fully saturated rings. The number of carbonyl (C=O) groups excluding carboxylic acids is 1. The zero-order chi connectivity index (χ0) is 18.4. The van der Waals surface area contributed by atoms with Gasteiger partial charge in [0, 0.05) is 18.1 Å². The molecule has 1 amide bonds. The second-order valence-corrected chi connectivity index (χ2v) is 5.90. The van der Waals surface area contributed by atoms with Gasteiger partial charge in [-0.2, -0.15) is 0 Å². The molecule has 1 aromatic heterocycles. The predicted molar refractivity (Wildman–Crippen MR) is 102 cm³/mol. The topological polar surface area (TPSA) is 52.5 Å². The van der Waals surface area contributed by atoms with E-state index in [9.17, 15) is 4.79 Å². The molecule has 0 saturated carbocycles. The smallest absolute Gasteiger partial charge is 0.226 e. The molecule has 0 aliphatic heterocycles. The van der Waals surface area contributed by atoms with Gasteiger partial charge in [0.1, 0.15) is 11.5 Å². The van der Waals surface area contributed by atoms with Crippen LogP contribution in [-0.4, -0.2) is 24.7 Å². The first-order chi connectivity index (χ1) is 12.7. The number of aromatic nitrogens is 1. The molecule has 0 spiro atoms. The normalized spacial score (nSPS) is 11.6.